The summed E-state index contributed by atoms with van der Waals surface area (Å²) in [6.07, 6.45) is 1.47. The van der Waals surface area contributed by atoms with E-state index in [1.54, 1.807) is 6.07 Å². The minimum atomic E-state index is -3.27. The number of alkyl halides is 4. The molecule has 0 bridgehead atoms. The molecule has 0 amide bonds. The van der Waals surface area contributed by atoms with Crippen LogP contribution in [0.5, 0.6) is 23.0 Å². The number of rotatable bonds is 11. The molecule has 1 unspecified atom stereocenters. The largest absolute Gasteiger partial charge is 0.493 e. The quantitative estimate of drug-likeness (QED) is 0.274. The molecule has 2 heterocycles. The second-order valence-corrected chi connectivity index (χ2v) is 8.53. The first kappa shape index (κ1) is 25.2. The number of hydrogen-bond acceptors (Lipinski definition) is 7. The van der Waals surface area contributed by atoms with Gasteiger partial charge in [0.15, 0.2) is 28.2 Å². The highest BCUT2D eigenvalue weighted by Crippen LogP contribution is 2.35. The molecular formula is C23H19F4N3O5S. The average molecular weight is 525 g/mol. The lowest BCUT2D eigenvalue weighted by atomic mass is 10.2. The summed E-state index contributed by atoms with van der Waals surface area (Å²) >= 11 is 0. The van der Waals surface area contributed by atoms with Gasteiger partial charge in [-0.1, -0.05) is 30.3 Å². The minimum Gasteiger partial charge on any atom is -0.493 e. The highest BCUT2D eigenvalue weighted by Gasteiger charge is 2.21. The average Bonchev–Trinajstić information content (AvgIpc) is 3.26. The molecule has 0 radical (unpaired) electrons. The number of nitrogens with one attached hydrogen (secondary N) is 1. The topological polar surface area (TPSA) is 95.6 Å². The van der Waals surface area contributed by atoms with Gasteiger partial charge in [0, 0.05) is 24.4 Å². The number of hydrogen-bond donors (Lipinski definition) is 1. The Labute approximate surface area is 204 Å². The Hall–Kier alpha value is -3.87. The molecule has 1 atom stereocenters. The summed E-state index contributed by atoms with van der Waals surface area (Å²) in [5.74, 6) is -0.701. The van der Waals surface area contributed by atoms with Crippen LogP contribution in [-0.2, 0) is 23.2 Å². The predicted octanol–water partition coefficient (Wildman–Crippen LogP) is 5.06. The highest BCUT2D eigenvalue weighted by atomic mass is 32.2. The highest BCUT2D eigenvalue weighted by molar-refractivity contribution is 7.84. The van der Waals surface area contributed by atoms with Crippen LogP contribution in [-0.4, -0.2) is 39.5 Å². The molecular weight excluding hydrogens is 506 g/mol. The molecule has 2 aromatic carbocycles. The number of ether oxygens (including phenoxy) is 4. The fourth-order valence-electron chi connectivity index (χ4n) is 3.29. The van der Waals surface area contributed by atoms with E-state index in [0.29, 0.717) is 17.2 Å². The zero-order valence-electron chi connectivity index (χ0n) is 18.6. The third kappa shape index (κ3) is 6.03. The summed E-state index contributed by atoms with van der Waals surface area (Å²) in [6.45, 7) is -6.33. The van der Waals surface area contributed by atoms with Gasteiger partial charge in [-0.25, -0.2) is 4.98 Å². The van der Waals surface area contributed by atoms with Crippen LogP contribution in [0, 0.1) is 0 Å². The van der Waals surface area contributed by atoms with Gasteiger partial charge in [-0.05, 0) is 5.56 Å². The first-order chi connectivity index (χ1) is 17.3. The van der Waals surface area contributed by atoms with E-state index in [4.69, 9.17) is 9.47 Å². The number of fused-ring (bicyclic) bond motifs is 1. The molecule has 0 aliphatic heterocycles. The lowest BCUT2D eigenvalue weighted by molar-refractivity contribution is -0.0690. The lowest BCUT2D eigenvalue weighted by Gasteiger charge is -2.14. The van der Waals surface area contributed by atoms with Crippen LogP contribution in [0.25, 0.3) is 11.0 Å². The van der Waals surface area contributed by atoms with Crippen molar-refractivity contribution in [3.05, 3.63) is 66.0 Å². The van der Waals surface area contributed by atoms with E-state index < -0.39 is 35.5 Å². The molecule has 4 aromatic rings. The van der Waals surface area contributed by atoms with Crippen LogP contribution in [0.1, 0.15) is 11.3 Å². The summed E-state index contributed by atoms with van der Waals surface area (Å²) in [6, 6.07) is 13.0. The summed E-state index contributed by atoms with van der Waals surface area (Å²) in [5.41, 5.74) is 1.42. The summed E-state index contributed by atoms with van der Waals surface area (Å²) in [7, 11) is -0.352. The van der Waals surface area contributed by atoms with E-state index in [1.807, 2.05) is 30.3 Å². The van der Waals surface area contributed by atoms with E-state index in [2.05, 4.69) is 24.4 Å². The number of methoxy groups -OCH3 is 1. The standard InChI is InChI=1S/C23H19F4N3O5S/c1-32-17-7-8-28-16(20(17)33-11-13-5-3-2-4-6-13)12-36(31)23-29-14-9-18(34-21(24)25)19(35-22(26)27)10-15(14)30-23/h2-10,21-22H,11-12H2,1H3,(H,29,30). The molecule has 0 spiro atoms. The van der Waals surface area contributed by atoms with Gasteiger partial charge < -0.3 is 23.9 Å². The molecule has 8 nitrogen and oxygen atoms in total. The molecule has 4 rings (SSSR count). The second kappa shape index (κ2) is 11.2. The Morgan fingerprint density at radius 2 is 1.67 bits per heavy atom. The van der Waals surface area contributed by atoms with Crippen molar-refractivity contribution in [3.63, 3.8) is 0 Å². The van der Waals surface area contributed by atoms with E-state index in [9.17, 15) is 21.8 Å². The second-order valence-electron chi connectivity index (χ2n) is 7.17. The molecule has 0 saturated carbocycles. The van der Waals surface area contributed by atoms with Crippen molar-refractivity contribution in [1.82, 2.24) is 15.0 Å². The summed E-state index contributed by atoms with van der Waals surface area (Å²) < 4.78 is 83.8. The smallest absolute Gasteiger partial charge is 0.387 e. The normalized spacial score (nSPS) is 12.2. The van der Waals surface area contributed by atoms with Crippen molar-refractivity contribution in [1.29, 1.82) is 0 Å². The Balaban J connectivity index is 1.60. The van der Waals surface area contributed by atoms with Gasteiger partial charge in [0.2, 0.25) is 0 Å². The summed E-state index contributed by atoms with van der Waals surface area (Å²) in [5, 5.41) is -0.0409. The Kier molecular flexibility index (Phi) is 7.88. The van der Waals surface area contributed by atoms with Gasteiger partial charge in [0.25, 0.3) is 0 Å². The van der Waals surface area contributed by atoms with Gasteiger partial charge in [0.1, 0.15) is 6.61 Å². The van der Waals surface area contributed by atoms with E-state index in [1.165, 1.54) is 13.3 Å². The zero-order chi connectivity index (χ0) is 25.7. The SMILES string of the molecule is COc1ccnc(CS(=O)c2nc3cc(OC(F)F)c(OC(F)F)cc3[nH]2)c1OCc1ccccc1. The Bertz CT molecular complexity index is 1310. The number of nitrogens with zero attached hydrogens (tertiary/aromatic N) is 2. The molecule has 0 aliphatic carbocycles. The molecule has 2 aromatic heterocycles. The Morgan fingerprint density at radius 1 is 0.972 bits per heavy atom. The molecule has 190 valence electrons. The number of aromatic amines is 1. The van der Waals surface area contributed by atoms with Crippen molar-refractivity contribution < 1.29 is 40.7 Å². The van der Waals surface area contributed by atoms with Crippen molar-refractivity contribution in [2.75, 3.05) is 7.11 Å². The maximum absolute atomic E-state index is 13.1. The van der Waals surface area contributed by atoms with Gasteiger partial charge in [-0.2, -0.15) is 17.6 Å². The molecule has 1 N–H and O–H groups in total. The van der Waals surface area contributed by atoms with Crippen LogP contribution in [0.2, 0.25) is 0 Å². The van der Waals surface area contributed by atoms with Crippen LogP contribution in [0.3, 0.4) is 0 Å². The van der Waals surface area contributed by atoms with Crippen molar-refractivity contribution >= 4 is 21.8 Å². The van der Waals surface area contributed by atoms with Gasteiger partial charge in [-0.15, -0.1) is 0 Å². The van der Waals surface area contributed by atoms with E-state index in [-0.39, 0.29) is 28.5 Å². The number of H-pyrrole nitrogens is 1. The number of halogens is 4. The Morgan fingerprint density at radius 3 is 2.33 bits per heavy atom. The fraction of sp³-hybridized carbons (Fsp3) is 0.217. The van der Waals surface area contributed by atoms with Crippen LogP contribution in [0.4, 0.5) is 17.6 Å². The molecule has 13 heteroatoms. The van der Waals surface area contributed by atoms with Crippen LogP contribution < -0.4 is 18.9 Å². The van der Waals surface area contributed by atoms with Crippen molar-refractivity contribution in [2.45, 2.75) is 30.7 Å². The number of aromatic nitrogens is 3. The maximum atomic E-state index is 13.1. The number of imidazole rings is 1. The van der Waals surface area contributed by atoms with Crippen molar-refractivity contribution in [3.8, 4) is 23.0 Å². The predicted molar refractivity (Wildman–Crippen MR) is 121 cm³/mol. The molecule has 0 fully saturated rings. The number of pyridine rings is 1. The minimum absolute atomic E-state index is 0.0409. The maximum Gasteiger partial charge on any atom is 0.387 e. The third-order valence-electron chi connectivity index (χ3n) is 4.83. The lowest BCUT2D eigenvalue weighted by Crippen LogP contribution is -2.07. The zero-order valence-corrected chi connectivity index (χ0v) is 19.4. The third-order valence-corrected chi connectivity index (χ3v) is 5.99. The van der Waals surface area contributed by atoms with E-state index in [0.717, 1.165) is 17.7 Å². The molecule has 36 heavy (non-hydrogen) atoms. The first-order valence-electron chi connectivity index (χ1n) is 10.3. The van der Waals surface area contributed by atoms with Crippen LogP contribution in [0.15, 0.2) is 59.9 Å². The van der Waals surface area contributed by atoms with Crippen LogP contribution >= 0.6 is 0 Å². The van der Waals surface area contributed by atoms with Gasteiger partial charge in [-0.3, -0.25) is 9.19 Å². The molecule has 0 aliphatic rings. The monoisotopic (exact) mass is 525 g/mol. The number of benzene rings is 2. The van der Waals surface area contributed by atoms with Gasteiger partial charge in [0.05, 0.1) is 40.4 Å². The fourth-order valence-corrected chi connectivity index (χ4v) is 4.30. The van der Waals surface area contributed by atoms with Gasteiger partial charge >= 0.3 is 13.2 Å². The van der Waals surface area contributed by atoms with Crippen molar-refractivity contribution in [2.24, 2.45) is 0 Å². The summed E-state index contributed by atoms with van der Waals surface area (Å²) in [4.78, 5) is 11.1. The first-order valence-corrected chi connectivity index (χ1v) is 11.7. The molecule has 0 saturated heterocycles. The van der Waals surface area contributed by atoms with E-state index >= 15 is 0 Å².